The Kier molecular flexibility index (Phi) is 2.52. The number of nitrogens with two attached hydrogens (primary N) is 1. The van der Waals surface area contributed by atoms with Crippen LogP contribution in [0.25, 0.3) is 11.0 Å². The Bertz CT molecular complexity index is 531. The summed E-state index contributed by atoms with van der Waals surface area (Å²) < 4.78 is 0. The van der Waals surface area contributed by atoms with Gasteiger partial charge >= 0.3 is 0 Å². The Morgan fingerprint density at radius 3 is 3.06 bits per heavy atom. The van der Waals surface area contributed by atoms with Crippen molar-refractivity contribution < 1.29 is 0 Å². The molecule has 4 N–H and O–H groups in total. The number of nitrogens with one attached hydrogen (secondary N) is 2. The maximum Gasteiger partial charge on any atom is 0.104 e. The Labute approximate surface area is 101 Å². The van der Waals surface area contributed by atoms with Crippen LogP contribution in [-0.2, 0) is 0 Å². The third-order valence-corrected chi connectivity index (χ3v) is 3.52. The van der Waals surface area contributed by atoms with E-state index in [1.807, 2.05) is 13.0 Å². The molecular weight excluding hydrogens is 212 g/mol. The van der Waals surface area contributed by atoms with Crippen LogP contribution in [0.3, 0.4) is 0 Å². The predicted octanol–water partition coefficient (Wildman–Crippen LogP) is 2.16. The topological polar surface area (TPSA) is 66.7 Å². The third kappa shape index (κ3) is 2.00. The largest absolute Gasteiger partial charge is 0.381 e. The number of hydrogen-bond donors (Lipinski definition) is 3. The van der Waals surface area contributed by atoms with Gasteiger partial charge in [-0.05, 0) is 44.4 Å². The van der Waals surface area contributed by atoms with Gasteiger partial charge in [-0.2, -0.15) is 0 Å². The molecule has 4 nitrogen and oxygen atoms in total. The average Bonchev–Trinajstić information content (AvgIpc) is 2.84. The molecule has 1 fully saturated rings. The number of anilines is 1. The van der Waals surface area contributed by atoms with Gasteiger partial charge in [0.15, 0.2) is 0 Å². The second-order valence-corrected chi connectivity index (χ2v) is 4.90. The van der Waals surface area contributed by atoms with Crippen LogP contribution in [-0.4, -0.2) is 22.1 Å². The van der Waals surface area contributed by atoms with Crippen LogP contribution in [0.1, 0.15) is 25.1 Å². The molecule has 0 radical (unpaired) electrons. The second kappa shape index (κ2) is 4.04. The van der Waals surface area contributed by atoms with Crippen LogP contribution >= 0.6 is 0 Å². The number of aromatic amines is 1. The van der Waals surface area contributed by atoms with Crippen molar-refractivity contribution in [2.24, 2.45) is 5.73 Å². The van der Waals surface area contributed by atoms with Crippen LogP contribution in [0.5, 0.6) is 0 Å². The number of nitrogens with zero attached hydrogens (tertiary/aromatic N) is 1. The van der Waals surface area contributed by atoms with Crippen LogP contribution in [0.2, 0.25) is 0 Å². The summed E-state index contributed by atoms with van der Waals surface area (Å²) in [6.45, 7) is 1.97. The molecular formula is C13H18N4. The molecule has 3 rings (SSSR count). The molecule has 0 aliphatic heterocycles. The molecule has 0 bridgehead atoms. The van der Waals surface area contributed by atoms with Crippen LogP contribution < -0.4 is 11.1 Å². The fraction of sp³-hybridized carbons (Fsp3) is 0.462. The van der Waals surface area contributed by atoms with Crippen molar-refractivity contribution in [1.29, 1.82) is 0 Å². The minimum Gasteiger partial charge on any atom is -0.381 e. The van der Waals surface area contributed by atoms with Gasteiger partial charge in [-0.1, -0.05) is 0 Å². The molecule has 2 atom stereocenters. The average molecular weight is 230 g/mol. The number of aryl methyl sites for hydroxylation is 1. The lowest BCUT2D eigenvalue weighted by molar-refractivity contribution is 0.638. The molecule has 1 heterocycles. The standard InChI is InChI=1S/C13H18N4/c1-8-15-12-6-5-9(7-13(12)16-8)17-11-4-2-3-10(11)14/h5-7,10-11,17H,2-4,14H2,1H3,(H,15,16). The molecule has 1 aliphatic rings. The van der Waals surface area contributed by atoms with Crippen molar-refractivity contribution in [3.05, 3.63) is 24.0 Å². The highest BCUT2D eigenvalue weighted by atomic mass is 15.0. The smallest absolute Gasteiger partial charge is 0.104 e. The number of imidazole rings is 1. The minimum absolute atomic E-state index is 0.286. The number of rotatable bonds is 2. The Balaban J connectivity index is 1.85. The van der Waals surface area contributed by atoms with Gasteiger partial charge in [0.1, 0.15) is 5.82 Å². The summed E-state index contributed by atoms with van der Waals surface area (Å²) in [6.07, 6.45) is 3.52. The quantitative estimate of drug-likeness (QED) is 0.740. The van der Waals surface area contributed by atoms with E-state index < -0.39 is 0 Å². The van der Waals surface area contributed by atoms with Gasteiger partial charge < -0.3 is 16.0 Å². The summed E-state index contributed by atoms with van der Waals surface area (Å²) in [5, 5.41) is 3.52. The molecule has 4 heteroatoms. The molecule has 90 valence electrons. The molecule has 0 saturated heterocycles. The Morgan fingerprint density at radius 2 is 2.29 bits per heavy atom. The zero-order valence-electron chi connectivity index (χ0n) is 10.0. The maximum absolute atomic E-state index is 6.06. The first kappa shape index (κ1) is 10.6. The molecule has 0 amide bonds. The highest BCUT2D eigenvalue weighted by Gasteiger charge is 2.23. The zero-order chi connectivity index (χ0) is 11.8. The van der Waals surface area contributed by atoms with Crippen molar-refractivity contribution in [3.63, 3.8) is 0 Å². The lowest BCUT2D eigenvalue weighted by atomic mass is 10.1. The lowest BCUT2D eigenvalue weighted by Crippen LogP contribution is -2.35. The van der Waals surface area contributed by atoms with Gasteiger partial charge in [0.2, 0.25) is 0 Å². The van der Waals surface area contributed by atoms with E-state index in [9.17, 15) is 0 Å². The number of H-pyrrole nitrogens is 1. The van der Waals surface area contributed by atoms with Crippen LogP contribution in [0.4, 0.5) is 5.69 Å². The van der Waals surface area contributed by atoms with Crippen molar-refractivity contribution in [2.75, 3.05) is 5.32 Å². The molecule has 2 unspecified atom stereocenters. The first-order chi connectivity index (χ1) is 8.22. The lowest BCUT2D eigenvalue weighted by Gasteiger charge is -2.18. The monoisotopic (exact) mass is 230 g/mol. The zero-order valence-corrected chi connectivity index (χ0v) is 10.0. The Hall–Kier alpha value is -1.55. The van der Waals surface area contributed by atoms with E-state index in [1.54, 1.807) is 0 Å². The molecule has 1 aromatic heterocycles. The van der Waals surface area contributed by atoms with Crippen molar-refractivity contribution in [3.8, 4) is 0 Å². The van der Waals surface area contributed by atoms with Crippen molar-refractivity contribution in [2.45, 2.75) is 38.3 Å². The summed E-state index contributed by atoms with van der Waals surface area (Å²) >= 11 is 0. The first-order valence-corrected chi connectivity index (χ1v) is 6.21. The number of fused-ring (bicyclic) bond motifs is 1. The van der Waals surface area contributed by atoms with Crippen molar-refractivity contribution >= 4 is 16.7 Å². The van der Waals surface area contributed by atoms with Gasteiger partial charge in [0.25, 0.3) is 0 Å². The van der Waals surface area contributed by atoms with Gasteiger partial charge in [-0.3, -0.25) is 0 Å². The van der Waals surface area contributed by atoms with Crippen LogP contribution in [0, 0.1) is 6.92 Å². The first-order valence-electron chi connectivity index (χ1n) is 6.21. The molecule has 0 spiro atoms. The predicted molar refractivity (Wildman–Crippen MR) is 70.1 cm³/mol. The highest BCUT2D eigenvalue weighted by molar-refractivity contribution is 5.79. The molecule has 1 aliphatic carbocycles. The summed E-state index contributed by atoms with van der Waals surface area (Å²) in [6, 6.07) is 6.93. The van der Waals surface area contributed by atoms with E-state index in [4.69, 9.17) is 5.73 Å². The van der Waals surface area contributed by atoms with E-state index in [1.165, 1.54) is 12.8 Å². The second-order valence-electron chi connectivity index (χ2n) is 4.90. The molecule has 2 aromatic rings. The van der Waals surface area contributed by atoms with E-state index in [2.05, 4.69) is 27.4 Å². The fourth-order valence-corrected chi connectivity index (χ4v) is 2.61. The number of benzene rings is 1. The van der Waals surface area contributed by atoms with Gasteiger partial charge in [-0.15, -0.1) is 0 Å². The number of aromatic nitrogens is 2. The third-order valence-electron chi connectivity index (χ3n) is 3.52. The molecule has 17 heavy (non-hydrogen) atoms. The molecule has 1 aromatic carbocycles. The highest BCUT2D eigenvalue weighted by Crippen LogP contribution is 2.23. The Morgan fingerprint density at radius 1 is 1.41 bits per heavy atom. The van der Waals surface area contributed by atoms with E-state index in [0.717, 1.165) is 29.0 Å². The SMILES string of the molecule is Cc1nc2ccc(NC3CCCC3N)cc2[nH]1. The fourth-order valence-electron chi connectivity index (χ4n) is 2.61. The summed E-state index contributed by atoms with van der Waals surface area (Å²) in [4.78, 5) is 7.65. The minimum atomic E-state index is 0.286. The van der Waals surface area contributed by atoms with Gasteiger partial charge in [-0.25, -0.2) is 4.98 Å². The summed E-state index contributed by atoms with van der Waals surface area (Å²) in [7, 11) is 0. The summed E-state index contributed by atoms with van der Waals surface area (Å²) in [5.41, 5.74) is 9.29. The summed E-state index contributed by atoms with van der Waals surface area (Å²) in [5.74, 6) is 0.953. The van der Waals surface area contributed by atoms with Gasteiger partial charge in [0, 0.05) is 17.8 Å². The van der Waals surface area contributed by atoms with E-state index in [-0.39, 0.29) is 6.04 Å². The maximum atomic E-state index is 6.06. The van der Waals surface area contributed by atoms with E-state index >= 15 is 0 Å². The van der Waals surface area contributed by atoms with E-state index in [0.29, 0.717) is 6.04 Å². The van der Waals surface area contributed by atoms with Crippen LogP contribution in [0.15, 0.2) is 18.2 Å². The van der Waals surface area contributed by atoms with Gasteiger partial charge in [0.05, 0.1) is 11.0 Å². The van der Waals surface area contributed by atoms with Crippen molar-refractivity contribution in [1.82, 2.24) is 9.97 Å². The normalized spacial score (nSPS) is 24.4. The molecule has 1 saturated carbocycles. The number of hydrogen-bond acceptors (Lipinski definition) is 3.